The maximum atomic E-state index is 8.11. The maximum absolute atomic E-state index is 8.11. The van der Waals surface area contributed by atoms with Crippen LogP contribution in [0.2, 0.25) is 0 Å². The van der Waals surface area contributed by atoms with Crippen LogP contribution in [0.3, 0.4) is 0 Å². The summed E-state index contributed by atoms with van der Waals surface area (Å²) < 4.78 is 0. The van der Waals surface area contributed by atoms with E-state index in [1.54, 1.807) is 0 Å². The van der Waals surface area contributed by atoms with Crippen LogP contribution in [0, 0.1) is 9.81 Å². The minimum Gasteiger partial charge on any atom is -0.379 e. The number of rotatable bonds is 12. The van der Waals surface area contributed by atoms with E-state index in [-0.39, 0.29) is 0 Å². The predicted octanol–water partition coefficient (Wildman–Crippen LogP) is 10.7. The molecule has 8 rings (SSSR count). The van der Waals surface area contributed by atoms with Gasteiger partial charge < -0.3 is 10.4 Å². The molecule has 2 N–H and O–H groups in total. The lowest BCUT2D eigenvalue weighted by Crippen LogP contribution is -2.19. The van der Waals surface area contributed by atoms with E-state index in [9.17, 15) is 0 Å². The van der Waals surface area contributed by atoms with Crippen molar-refractivity contribution in [3.05, 3.63) is 252 Å². The monoisotopic (exact) mass is 862 g/mol. The van der Waals surface area contributed by atoms with E-state index in [0.29, 0.717) is 0 Å². The van der Waals surface area contributed by atoms with Crippen molar-refractivity contribution in [2.45, 2.75) is 0 Å². The van der Waals surface area contributed by atoms with Crippen LogP contribution in [0.15, 0.2) is 253 Å². The molecule has 0 aromatic heterocycles. The fourth-order valence-corrected chi connectivity index (χ4v) is 19.3. The zero-order valence-corrected chi connectivity index (χ0v) is 36.5. The van der Waals surface area contributed by atoms with Gasteiger partial charge in [-0.05, 0) is 74.1 Å². The normalized spacial score (nSPS) is 10.3. The lowest BCUT2D eigenvalue weighted by Gasteiger charge is -2.26. The topological polar surface area (TPSA) is 99.3 Å². The third kappa shape index (κ3) is 14.2. The number of benzene rings is 8. The van der Waals surface area contributed by atoms with Gasteiger partial charge in [-0.15, -0.1) is 9.81 Å². The molecule has 0 heterocycles. The average Bonchev–Trinajstić information content (AvgIpc) is 3.33. The van der Waals surface area contributed by atoms with Crippen molar-refractivity contribution in [2.75, 3.05) is 11.8 Å². The lowest BCUT2D eigenvalue weighted by molar-refractivity contribution is 0.312. The molecule has 0 bridgehead atoms. The summed E-state index contributed by atoms with van der Waals surface area (Å²) in [6, 6.07) is 88.3. The zero-order valence-electron chi connectivity index (χ0n) is 32.9. The Balaban J connectivity index is 0.000000201. The van der Waals surface area contributed by atoms with Crippen LogP contribution in [-0.4, -0.2) is 22.2 Å². The second-order valence-corrected chi connectivity index (χ2v) is 22.7. The molecule has 0 aliphatic rings. The van der Waals surface area contributed by atoms with Crippen molar-refractivity contribution in [3.63, 3.8) is 0 Å². The summed E-state index contributed by atoms with van der Waals surface area (Å²) in [6.45, 7) is 0. The second-order valence-electron chi connectivity index (χ2n) is 12.8. The van der Waals surface area contributed by atoms with Gasteiger partial charge in [-0.25, -0.2) is 0 Å². The summed E-state index contributed by atoms with van der Waals surface area (Å²) in [6.07, 6.45) is 0. The Labute approximate surface area is 357 Å². The quantitative estimate of drug-likeness (QED) is 0.0726. The molecule has 0 atom stereocenters. The summed E-state index contributed by atoms with van der Waals surface area (Å²) in [5, 5.41) is 27.4. The van der Waals surface area contributed by atoms with E-state index in [4.69, 9.17) is 20.2 Å². The van der Waals surface area contributed by atoms with E-state index >= 15 is 0 Å². The number of hydrogen-bond acceptors (Lipinski definition) is 4. The molecule has 60 heavy (non-hydrogen) atoms. The fourth-order valence-electron chi connectivity index (χ4n) is 6.40. The Morgan fingerprint density at radius 1 is 0.250 bits per heavy atom. The van der Waals surface area contributed by atoms with Crippen LogP contribution >= 0.6 is 31.7 Å². The highest BCUT2D eigenvalue weighted by Crippen LogP contribution is 2.49. The summed E-state index contributed by atoms with van der Waals surface area (Å²) in [7, 11) is -1.63. The SMILES string of the molecule is O=NO.O=NO.c1ccc(P(CP(c2ccccc2)c2ccccc2)c2ccccc2)cc1.c1ccc(P(CP(c2ccccc2)c2ccccc2)c2ccccc2)cc1. The number of hydrogen-bond donors (Lipinski definition) is 2. The Morgan fingerprint density at radius 3 is 0.450 bits per heavy atom. The molecule has 0 unspecified atom stereocenters. The van der Waals surface area contributed by atoms with Crippen molar-refractivity contribution in [1.82, 2.24) is 0 Å². The van der Waals surface area contributed by atoms with Crippen LogP contribution in [0.4, 0.5) is 0 Å². The first kappa shape index (κ1) is 45.4. The highest BCUT2D eigenvalue weighted by molar-refractivity contribution is 7.89. The van der Waals surface area contributed by atoms with Gasteiger partial charge in [0.2, 0.25) is 0 Å². The first-order chi connectivity index (χ1) is 29.7. The van der Waals surface area contributed by atoms with Crippen molar-refractivity contribution in [3.8, 4) is 0 Å². The van der Waals surface area contributed by atoms with Gasteiger partial charge in [-0.3, -0.25) is 0 Å². The molecule has 6 nitrogen and oxygen atoms in total. The van der Waals surface area contributed by atoms with E-state index in [1.165, 1.54) is 64.9 Å². The summed E-state index contributed by atoms with van der Waals surface area (Å²) in [5.41, 5.74) is 0. The molecule has 10 heteroatoms. The van der Waals surface area contributed by atoms with Crippen molar-refractivity contribution in [1.29, 1.82) is 0 Å². The van der Waals surface area contributed by atoms with Gasteiger partial charge in [0.1, 0.15) is 0 Å². The average molecular weight is 863 g/mol. The van der Waals surface area contributed by atoms with E-state index in [2.05, 4.69) is 243 Å². The minimum absolute atomic E-state index is 0.409. The molecular weight excluding hydrogens is 816 g/mol. The predicted molar refractivity (Wildman–Crippen MR) is 261 cm³/mol. The van der Waals surface area contributed by atoms with Crippen LogP contribution in [0.25, 0.3) is 0 Å². The first-order valence-corrected chi connectivity index (χ1v) is 25.2. The van der Waals surface area contributed by atoms with Gasteiger partial charge in [0.15, 0.2) is 10.7 Å². The van der Waals surface area contributed by atoms with Crippen LogP contribution < -0.4 is 42.4 Å². The highest BCUT2D eigenvalue weighted by Gasteiger charge is 2.23. The van der Waals surface area contributed by atoms with E-state index in [0.717, 1.165) is 0 Å². The summed E-state index contributed by atoms with van der Waals surface area (Å²) in [4.78, 5) is 16.2. The Morgan fingerprint density at radius 2 is 0.350 bits per heavy atom. The van der Waals surface area contributed by atoms with Crippen molar-refractivity contribution >= 4 is 74.1 Å². The molecule has 8 aromatic carbocycles. The van der Waals surface area contributed by atoms with Gasteiger partial charge >= 0.3 is 0 Å². The van der Waals surface area contributed by atoms with Gasteiger partial charge in [0.05, 0.1) is 0 Å². The largest absolute Gasteiger partial charge is 0.379 e. The Bertz CT molecular complexity index is 1850. The van der Waals surface area contributed by atoms with E-state index in [1.807, 2.05) is 0 Å². The Hall–Kier alpha value is -5.72. The molecule has 0 fully saturated rings. The molecule has 0 spiro atoms. The van der Waals surface area contributed by atoms with Gasteiger partial charge in [0.25, 0.3) is 0 Å². The standard InChI is InChI=1S/2C25H22P2.2HNO2/c2*1-5-13-22(14-6-1)26(23-15-7-2-8-16-23)21-27(24-17-9-3-10-18-24)25-19-11-4-12-20-25;2*2-1-3/h2*1-20H,21H2;2*(H,2,3). The van der Waals surface area contributed by atoms with E-state index < -0.39 is 31.7 Å². The van der Waals surface area contributed by atoms with Gasteiger partial charge in [-0.2, -0.15) is 0 Å². The van der Waals surface area contributed by atoms with Gasteiger partial charge in [-0.1, -0.05) is 243 Å². The molecule has 0 aliphatic carbocycles. The summed E-state index contributed by atoms with van der Waals surface area (Å²) >= 11 is 0. The van der Waals surface area contributed by atoms with Crippen LogP contribution in [0.1, 0.15) is 0 Å². The molecule has 0 saturated carbocycles. The molecular formula is C50H46N2O4P4. The molecule has 0 amide bonds. The van der Waals surface area contributed by atoms with Crippen molar-refractivity contribution in [2.24, 2.45) is 10.7 Å². The fraction of sp³-hybridized carbons (Fsp3) is 0.0400. The third-order valence-corrected chi connectivity index (χ3v) is 21.0. The lowest BCUT2D eigenvalue weighted by atomic mass is 10.4. The maximum Gasteiger partial charge on any atom is 0.152 e. The molecule has 8 aromatic rings. The Kier molecular flexibility index (Phi) is 20.0. The number of nitrogens with zero attached hydrogens (tertiary/aromatic N) is 2. The third-order valence-electron chi connectivity index (χ3n) is 9.11. The molecule has 300 valence electrons. The van der Waals surface area contributed by atoms with Crippen LogP contribution in [-0.2, 0) is 0 Å². The summed E-state index contributed by atoms with van der Waals surface area (Å²) in [5.74, 6) is 2.35. The smallest absolute Gasteiger partial charge is 0.152 e. The van der Waals surface area contributed by atoms with Gasteiger partial charge in [0, 0.05) is 11.8 Å². The first-order valence-electron chi connectivity index (χ1n) is 19.1. The van der Waals surface area contributed by atoms with Crippen LogP contribution in [0.5, 0.6) is 0 Å². The minimum atomic E-state index is -0.409. The molecule has 0 saturated heterocycles. The second kappa shape index (κ2) is 26.4. The zero-order chi connectivity index (χ0) is 42.0. The molecule has 0 aliphatic heterocycles. The highest BCUT2D eigenvalue weighted by atomic mass is 31.2. The van der Waals surface area contributed by atoms with Crippen molar-refractivity contribution < 1.29 is 10.4 Å². The molecule has 0 radical (unpaired) electrons.